The Morgan fingerprint density at radius 2 is 2.00 bits per heavy atom. The van der Waals surface area contributed by atoms with Crippen LogP contribution in [0, 0.1) is 0 Å². The van der Waals surface area contributed by atoms with E-state index in [-0.39, 0.29) is 0 Å². The fraction of sp³-hybridized carbons (Fsp3) is 0. The lowest BCUT2D eigenvalue weighted by Gasteiger charge is -2.00. The van der Waals surface area contributed by atoms with E-state index < -0.39 is 0 Å². The number of aromatic amines is 1. The third-order valence-electron chi connectivity index (χ3n) is 2.69. The van der Waals surface area contributed by atoms with Crippen LogP contribution in [0.15, 0.2) is 40.9 Å². The van der Waals surface area contributed by atoms with Crippen LogP contribution < -0.4 is 5.73 Å². The molecule has 1 aromatic heterocycles. The molecular weight excluding hydrogens is 314 g/mol. The largest absolute Gasteiger partial charge is 0.399 e. The van der Waals surface area contributed by atoms with Crippen molar-refractivity contribution < 1.29 is 0 Å². The van der Waals surface area contributed by atoms with Crippen LogP contribution in [-0.2, 0) is 0 Å². The molecule has 5 heteroatoms. The Labute approximate surface area is 117 Å². The maximum Gasteiger partial charge on any atom is 0.139 e. The quantitative estimate of drug-likeness (QED) is 0.659. The van der Waals surface area contributed by atoms with Crippen molar-refractivity contribution in [1.29, 1.82) is 0 Å². The van der Waals surface area contributed by atoms with E-state index in [1.54, 1.807) is 0 Å². The van der Waals surface area contributed by atoms with E-state index >= 15 is 0 Å². The highest BCUT2D eigenvalue weighted by Crippen LogP contribution is 2.30. The van der Waals surface area contributed by atoms with Gasteiger partial charge in [0.2, 0.25) is 0 Å². The molecule has 0 spiro atoms. The number of rotatable bonds is 1. The third-order valence-corrected chi connectivity index (χ3v) is 3.62. The second-order valence-electron chi connectivity index (χ2n) is 3.99. The van der Waals surface area contributed by atoms with Crippen LogP contribution in [0.3, 0.4) is 0 Å². The fourth-order valence-electron chi connectivity index (χ4n) is 1.83. The molecule has 3 nitrogen and oxygen atoms in total. The van der Waals surface area contributed by atoms with Gasteiger partial charge in [0.15, 0.2) is 0 Å². The van der Waals surface area contributed by atoms with Crippen molar-refractivity contribution >= 4 is 44.3 Å². The maximum atomic E-state index is 6.01. The van der Waals surface area contributed by atoms with Gasteiger partial charge in [0.1, 0.15) is 5.82 Å². The zero-order valence-electron chi connectivity index (χ0n) is 9.24. The lowest BCUT2D eigenvalue weighted by atomic mass is 10.2. The molecule has 18 heavy (non-hydrogen) atoms. The van der Waals surface area contributed by atoms with Crippen LogP contribution in [0.2, 0.25) is 5.02 Å². The van der Waals surface area contributed by atoms with Gasteiger partial charge in [0.25, 0.3) is 0 Å². The fourth-order valence-corrected chi connectivity index (χ4v) is 2.44. The van der Waals surface area contributed by atoms with Crippen LogP contribution in [0.25, 0.3) is 22.4 Å². The number of imidazole rings is 1. The first-order chi connectivity index (χ1) is 8.63. The Balaban J connectivity index is 2.22. The highest BCUT2D eigenvalue weighted by Gasteiger charge is 2.09. The summed E-state index contributed by atoms with van der Waals surface area (Å²) in [5, 5.41) is 0.674. The summed E-state index contributed by atoms with van der Waals surface area (Å²) >= 11 is 9.50. The van der Waals surface area contributed by atoms with E-state index in [1.165, 1.54) is 0 Å². The van der Waals surface area contributed by atoms with Crippen LogP contribution in [0.4, 0.5) is 5.69 Å². The van der Waals surface area contributed by atoms with Gasteiger partial charge in [-0.25, -0.2) is 4.98 Å². The van der Waals surface area contributed by atoms with Crippen LogP contribution in [0.1, 0.15) is 0 Å². The van der Waals surface area contributed by atoms with Gasteiger partial charge >= 0.3 is 0 Å². The summed E-state index contributed by atoms with van der Waals surface area (Å²) < 4.78 is 0.943. The summed E-state index contributed by atoms with van der Waals surface area (Å²) in [5.41, 5.74) is 9.18. The van der Waals surface area contributed by atoms with Gasteiger partial charge in [-0.15, -0.1) is 0 Å². The molecular formula is C13H9BrClN3. The summed E-state index contributed by atoms with van der Waals surface area (Å²) in [7, 11) is 0. The molecule has 0 saturated heterocycles. The second-order valence-corrected chi connectivity index (χ2v) is 5.28. The Bertz CT molecular complexity index is 736. The van der Waals surface area contributed by atoms with Crippen molar-refractivity contribution in [3.05, 3.63) is 45.9 Å². The number of nitrogens with two attached hydrogens (primary N) is 1. The smallest absolute Gasteiger partial charge is 0.139 e. The summed E-state index contributed by atoms with van der Waals surface area (Å²) in [6, 6.07) is 11.2. The predicted octanol–water partition coefficient (Wildman–Crippen LogP) is 4.23. The number of anilines is 1. The van der Waals surface area contributed by atoms with Crippen molar-refractivity contribution in [1.82, 2.24) is 9.97 Å². The molecule has 0 fully saturated rings. The SMILES string of the molecule is Nc1ccc2nc(-c3cc(Cl)ccc3Br)[nH]c2c1. The van der Waals surface area contributed by atoms with Crippen LogP contribution in [-0.4, -0.2) is 9.97 Å². The van der Waals surface area contributed by atoms with Gasteiger partial charge in [-0.3, -0.25) is 0 Å². The van der Waals surface area contributed by atoms with Crippen molar-refractivity contribution in [2.45, 2.75) is 0 Å². The molecule has 3 rings (SSSR count). The highest BCUT2D eigenvalue weighted by molar-refractivity contribution is 9.10. The number of hydrogen-bond acceptors (Lipinski definition) is 2. The molecule has 0 amide bonds. The van der Waals surface area contributed by atoms with Crippen LogP contribution in [0.5, 0.6) is 0 Å². The van der Waals surface area contributed by atoms with Gasteiger partial charge in [-0.2, -0.15) is 0 Å². The lowest BCUT2D eigenvalue weighted by Crippen LogP contribution is -1.82. The molecule has 0 saturated carbocycles. The monoisotopic (exact) mass is 321 g/mol. The topological polar surface area (TPSA) is 54.7 Å². The first-order valence-corrected chi connectivity index (χ1v) is 6.51. The minimum atomic E-state index is 0.674. The first-order valence-electron chi connectivity index (χ1n) is 5.34. The van der Waals surface area contributed by atoms with Gasteiger partial charge < -0.3 is 10.7 Å². The molecule has 0 atom stereocenters. The Morgan fingerprint density at radius 1 is 1.17 bits per heavy atom. The Hall–Kier alpha value is -1.52. The molecule has 0 radical (unpaired) electrons. The molecule has 0 unspecified atom stereocenters. The van der Waals surface area contributed by atoms with Gasteiger partial charge in [0, 0.05) is 20.7 Å². The maximum absolute atomic E-state index is 6.01. The summed E-state index contributed by atoms with van der Waals surface area (Å²) in [4.78, 5) is 7.77. The summed E-state index contributed by atoms with van der Waals surface area (Å²) in [6.07, 6.45) is 0. The number of benzene rings is 2. The third kappa shape index (κ3) is 1.98. The minimum Gasteiger partial charge on any atom is -0.399 e. The number of H-pyrrole nitrogens is 1. The minimum absolute atomic E-state index is 0.674. The summed E-state index contributed by atoms with van der Waals surface area (Å²) in [6.45, 7) is 0. The first kappa shape index (κ1) is 11.6. The van der Waals surface area contributed by atoms with Crippen molar-refractivity contribution in [2.75, 3.05) is 5.73 Å². The number of hydrogen-bond donors (Lipinski definition) is 2. The lowest BCUT2D eigenvalue weighted by molar-refractivity contribution is 1.33. The average molecular weight is 323 g/mol. The van der Waals surface area contributed by atoms with Crippen molar-refractivity contribution in [3.63, 3.8) is 0 Å². The van der Waals surface area contributed by atoms with Gasteiger partial charge in [0.05, 0.1) is 11.0 Å². The molecule has 3 N–H and O–H groups in total. The molecule has 90 valence electrons. The van der Waals surface area contributed by atoms with Crippen molar-refractivity contribution in [2.24, 2.45) is 0 Å². The number of halogens is 2. The average Bonchev–Trinajstić information content (AvgIpc) is 2.74. The van der Waals surface area contributed by atoms with E-state index in [2.05, 4.69) is 25.9 Å². The van der Waals surface area contributed by atoms with E-state index in [9.17, 15) is 0 Å². The zero-order valence-corrected chi connectivity index (χ0v) is 11.6. The van der Waals surface area contributed by atoms with Gasteiger partial charge in [-0.05, 0) is 36.4 Å². The van der Waals surface area contributed by atoms with E-state index in [0.717, 1.165) is 26.9 Å². The molecule has 0 aliphatic carbocycles. The standard InChI is InChI=1S/C13H9BrClN3/c14-10-3-1-7(15)5-9(10)13-17-11-4-2-8(16)6-12(11)18-13/h1-6H,16H2,(H,17,18). The molecule has 0 aliphatic heterocycles. The van der Waals surface area contributed by atoms with Crippen LogP contribution >= 0.6 is 27.5 Å². The number of fused-ring (bicyclic) bond motifs is 1. The van der Waals surface area contributed by atoms with Gasteiger partial charge in [-0.1, -0.05) is 27.5 Å². The normalized spacial score (nSPS) is 11.0. The number of nitrogen functional groups attached to an aromatic ring is 1. The van der Waals surface area contributed by atoms with E-state index in [1.807, 2.05) is 36.4 Å². The molecule has 0 bridgehead atoms. The molecule has 1 heterocycles. The summed E-state index contributed by atoms with van der Waals surface area (Å²) in [5.74, 6) is 0.768. The second kappa shape index (κ2) is 4.30. The van der Waals surface area contributed by atoms with E-state index in [0.29, 0.717) is 10.7 Å². The van der Waals surface area contributed by atoms with Crippen molar-refractivity contribution in [3.8, 4) is 11.4 Å². The number of nitrogens with zero attached hydrogens (tertiary/aromatic N) is 1. The molecule has 2 aromatic carbocycles. The molecule has 0 aliphatic rings. The Morgan fingerprint density at radius 3 is 2.83 bits per heavy atom. The Kier molecular flexibility index (Phi) is 2.76. The van der Waals surface area contributed by atoms with E-state index in [4.69, 9.17) is 17.3 Å². The number of aromatic nitrogens is 2. The highest BCUT2D eigenvalue weighted by atomic mass is 79.9. The molecule has 3 aromatic rings. The number of nitrogens with one attached hydrogen (secondary N) is 1. The zero-order chi connectivity index (χ0) is 12.7. The predicted molar refractivity (Wildman–Crippen MR) is 78.7 cm³/mol.